The maximum Gasteiger partial charge on any atom is 0.128 e. The normalized spacial score (nSPS) is 27.4. The molecule has 5 heterocycles. The molecule has 2 fully saturated rings. The lowest BCUT2D eigenvalue weighted by molar-refractivity contribution is 0.133. The minimum absolute atomic E-state index is 0.146. The van der Waals surface area contributed by atoms with E-state index in [9.17, 15) is 5.26 Å². The first kappa shape index (κ1) is 19.3. The van der Waals surface area contributed by atoms with Crippen LogP contribution in [0, 0.1) is 11.3 Å². The van der Waals surface area contributed by atoms with Gasteiger partial charge >= 0.3 is 0 Å². The molecule has 0 saturated carbocycles. The molecule has 0 spiro atoms. The van der Waals surface area contributed by atoms with E-state index < -0.39 is 0 Å². The molecule has 1 aromatic carbocycles. The van der Waals surface area contributed by atoms with Gasteiger partial charge < -0.3 is 15.5 Å². The molecule has 3 aliphatic rings. The van der Waals surface area contributed by atoms with Crippen LogP contribution in [0.3, 0.4) is 0 Å². The van der Waals surface area contributed by atoms with Crippen molar-refractivity contribution >= 4 is 22.4 Å². The zero-order valence-corrected chi connectivity index (χ0v) is 19.1. The molecule has 0 bridgehead atoms. The van der Waals surface area contributed by atoms with Crippen LogP contribution >= 0.6 is 0 Å². The molecule has 3 atom stereocenters. The van der Waals surface area contributed by atoms with Crippen molar-refractivity contribution < 1.29 is 1.37 Å². The second-order valence-corrected chi connectivity index (χ2v) is 10.1. The quantitative estimate of drug-likeness (QED) is 0.655. The van der Waals surface area contributed by atoms with E-state index in [1.54, 1.807) is 6.07 Å². The Morgan fingerprint density at radius 2 is 2.09 bits per heavy atom. The number of hydrogen-bond donors (Lipinski definition) is 1. The molecule has 3 aromatic rings. The summed E-state index contributed by atoms with van der Waals surface area (Å²) in [5.41, 5.74) is 10.9. The number of pyridine rings is 2. The maximum absolute atomic E-state index is 9.54. The molecule has 6 rings (SSSR count). The molecule has 168 valence electrons. The molecule has 0 radical (unpaired) electrons. The number of anilines is 2. The zero-order chi connectivity index (χ0) is 23.6. The van der Waals surface area contributed by atoms with E-state index in [1.165, 1.54) is 11.3 Å². The molecule has 3 aliphatic heterocycles. The van der Waals surface area contributed by atoms with Crippen molar-refractivity contribution in [2.24, 2.45) is 5.73 Å². The SMILES string of the molecule is [2H]c1ccc2c(N3C[C@@H](C)N4Cc5nc(N6CC[C@](C)(N)C6)ccc5[C@H]4C3)ccc(C#N)c2n1. The van der Waals surface area contributed by atoms with E-state index in [0.29, 0.717) is 17.1 Å². The Kier molecular flexibility index (Phi) is 4.33. The Labute approximate surface area is 195 Å². The monoisotopic (exact) mass is 440 g/mol. The predicted octanol–water partition coefficient (Wildman–Crippen LogP) is 3.19. The van der Waals surface area contributed by atoms with Crippen molar-refractivity contribution in [1.82, 2.24) is 14.9 Å². The van der Waals surface area contributed by atoms with Crippen LogP contribution in [0.1, 0.15) is 44.5 Å². The predicted molar refractivity (Wildman–Crippen MR) is 130 cm³/mol. The van der Waals surface area contributed by atoms with Crippen molar-refractivity contribution in [2.75, 3.05) is 36.0 Å². The van der Waals surface area contributed by atoms with Crippen LogP contribution in [-0.4, -0.2) is 52.6 Å². The maximum atomic E-state index is 9.54. The van der Waals surface area contributed by atoms with E-state index >= 15 is 0 Å². The lowest BCUT2D eigenvalue weighted by Gasteiger charge is -2.43. The average molecular weight is 441 g/mol. The summed E-state index contributed by atoms with van der Waals surface area (Å²) in [6.07, 6.45) is 1.17. The van der Waals surface area contributed by atoms with E-state index in [-0.39, 0.29) is 17.8 Å². The van der Waals surface area contributed by atoms with Crippen molar-refractivity contribution in [1.29, 1.82) is 5.26 Å². The van der Waals surface area contributed by atoms with Gasteiger partial charge in [-0.1, -0.05) is 6.07 Å². The first-order valence-electron chi connectivity index (χ1n) is 12.2. The number of nitrogens with zero attached hydrogens (tertiary/aromatic N) is 6. The molecular weight excluding hydrogens is 410 g/mol. The molecule has 2 N–H and O–H groups in total. The molecule has 2 aromatic heterocycles. The average Bonchev–Trinajstić information content (AvgIpc) is 3.37. The number of hydrogen-bond acceptors (Lipinski definition) is 7. The van der Waals surface area contributed by atoms with Crippen molar-refractivity contribution in [2.45, 2.75) is 44.4 Å². The fourth-order valence-electron chi connectivity index (χ4n) is 5.79. The van der Waals surface area contributed by atoms with Gasteiger partial charge in [-0.05, 0) is 56.2 Å². The van der Waals surface area contributed by atoms with Gasteiger partial charge in [-0.3, -0.25) is 9.88 Å². The van der Waals surface area contributed by atoms with Crippen LogP contribution < -0.4 is 15.5 Å². The molecule has 33 heavy (non-hydrogen) atoms. The van der Waals surface area contributed by atoms with Crippen LogP contribution in [-0.2, 0) is 6.54 Å². The number of aromatic nitrogens is 2. The van der Waals surface area contributed by atoms with Crippen molar-refractivity contribution in [3.05, 3.63) is 59.4 Å². The van der Waals surface area contributed by atoms with Gasteiger partial charge in [0.25, 0.3) is 0 Å². The summed E-state index contributed by atoms with van der Waals surface area (Å²) in [7, 11) is 0. The van der Waals surface area contributed by atoms with E-state index in [0.717, 1.165) is 56.0 Å². The first-order valence-corrected chi connectivity index (χ1v) is 11.7. The Morgan fingerprint density at radius 3 is 2.88 bits per heavy atom. The summed E-state index contributed by atoms with van der Waals surface area (Å²) in [5.74, 6) is 1.03. The molecule has 7 heteroatoms. The van der Waals surface area contributed by atoms with Crippen LogP contribution in [0.2, 0.25) is 0 Å². The zero-order valence-electron chi connectivity index (χ0n) is 20.1. The van der Waals surface area contributed by atoms with Crippen molar-refractivity contribution in [3.63, 3.8) is 0 Å². The van der Waals surface area contributed by atoms with Gasteiger partial charge in [0.2, 0.25) is 0 Å². The molecule has 0 aliphatic carbocycles. The summed E-state index contributed by atoms with van der Waals surface area (Å²) >= 11 is 0. The lowest BCUT2D eigenvalue weighted by atomic mass is 10.0. The number of fused-ring (bicyclic) bond motifs is 4. The standard InChI is InChI=1S/C26H29N7/c1-17-13-32(22-7-5-18(12-27)25-20(22)4-3-10-29-25)15-23-19-6-8-24(30-21(19)14-33(17)23)31-11-9-26(2,28)16-31/h3-8,10,17,23H,9,11,13-16,28H2,1-2H3/t17-,23-,26+/m1/s1/i10D. The van der Waals surface area contributed by atoms with E-state index in [2.05, 4.69) is 51.7 Å². The summed E-state index contributed by atoms with van der Waals surface area (Å²) in [6.45, 7) is 8.80. The van der Waals surface area contributed by atoms with Gasteiger partial charge in [0.05, 0.1) is 24.2 Å². The van der Waals surface area contributed by atoms with Crippen LogP contribution in [0.25, 0.3) is 10.9 Å². The molecule has 2 saturated heterocycles. The Morgan fingerprint density at radius 1 is 1.21 bits per heavy atom. The lowest BCUT2D eigenvalue weighted by Crippen LogP contribution is -2.51. The second-order valence-electron chi connectivity index (χ2n) is 10.1. The highest BCUT2D eigenvalue weighted by Gasteiger charge is 2.40. The fourth-order valence-corrected chi connectivity index (χ4v) is 5.79. The minimum atomic E-state index is -0.146. The third-order valence-electron chi connectivity index (χ3n) is 7.52. The Hall–Kier alpha value is -3.21. The number of benzene rings is 1. The molecule has 0 amide bonds. The number of piperazine rings is 1. The van der Waals surface area contributed by atoms with E-state index in [4.69, 9.17) is 12.1 Å². The molecular formula is C26H29N7. The highest BCUT2D eigenvalue weighted by molar-refractivity contribution is 5.95. The summed E-state index contributed by atoms with van der Waals surface area (Å²) in [5, 5.41) is 10.5. The second kappa shape index (κ2) is 7.41. The third kappa shape index (κ3) is 3.33. The molecule has 7 nitrogen and oxygen atoms in total. The topological polar surface area (TPSA) is 85.3 Å². The van der Waals surface area contributed by atoms with Crippen LogP contribution in [0.5, 0.6) is 0 Å². The van der Waals surface area contributed by atoms with Gasteiger partial charge in [0.1, 0.15) is 11.9 Å². The van der Waals surface area contributed by atoms with Crippen molar-refractivity contribution in [3.8, 4) is 6.07 Å². The number of rotatable bonds is 2. The van der Waals surface area contributed by atoms with Crippen LogP contribution in [0.4, 0.5) is 11.5 Å². The smallest absolute Gasteiger partial charge is 0.128 e. The third-order valence-corrected chi connectivity index (χ3v) is 7.52. The van der Waals surface area contributed by atoms with Gasteiger partial charge in [0.15, 0.2) is 0 Å². The largest absolute Gasteiger partial charge is 0.368 e. The number of nitriles is 1. The van der Waals surface area contributed by atoms with Gasteiger partial charge in [0, 0.05) is 61.6 Å². The summed E-state index contributed by atoms with van der Waals surface area (Å²) < 4.78 is 7.92. The van der Waals surface area contributed by atoms with Gasteiger partial charge in [-0.15, -0.1) is 0 Å². The fraction of sp³-hybridized carbons (Fsp3) is 0.423. The Balaban J connectivity index is 1.33. The van der Waals surface area contributed by atoms with Gasteiger partial charge in [-0.25, -0.2) is 4.98 Å². The van der Waals surface area contributed by atoms with Gasteiger partial charge in [-0.2, -0.15) is 5.26 Å². The summed E-state index contributed by atoms with van der Waals surface area (Å²) in [6, 6.07) is 14.8. The summed E-state index contributed by atoms with van der Waals surface area (Å²) in [4.78, 5) is 16.7. The number of nitrogens with two attached hydrogens (primary N) is 1. The van der Waals surface area contributed by atoms with Crippen LogP contribution in [0.15, 0.2) is 42.6 Å². The highest BCUT2D eigenvalue weighted by Crippen LogP contribution is 2.41. The Bertz CT molecular complexity index is 1330. The minimum Gasteiger partial charge on any atom is -0.368 e. The van der Waals surface area contributed by atoms with E-state index in [1.807, 2.05) is 18.2 Å². The molecule has 0 unspecified atom stereocenters. The highest BCUT2D eigenvalue weighted by atomic mass is 15.3. The first-order chi connectivity index (χ1) is 16.3.